The molecule has 1 saturated heterocycles. The molecule has 0 aromatic heterocycles. The van der Waals surface area contributed by atoms with Crippen molar-refractivity contribution in [2.24, 2.45) is 0 Å². The van der Waals surface area contributed by atoms with Gasteiger partial charge >= 0.3 is 0 Å². The number of ether oxygens (including phenoxy) is 1. The third kappa shape index (κ3) is 3.07. The SMILES string of the molecule is COc1cccc(N(C)C2CCCN(C)C2)c1[C@@H](C)O. The second kappa shape index (κ2) is 6.46. The van der Waals surface area contributed by atoms with Gasteiger partial charge in [0.25, 0.3) is 0 Å². The number of benzene rings is 1. The maximum atomic E-state index is 10.1. The molecule has 1 aliphatic rings. The zero-order valence-electron chi connectivity index (χ0n) is 13.0. The van der Waals surface area contributed by atoms with Crippen molar-refractivity contribution in [3.8, 4) is 5.75 Å². The summed E-state index contributed by atoms with van der Waals surface area (Å²) in [4.78, 5) is 4.66. The number of aliphatic hydroxyl groups excluding tert-OH is 1. The fourth-order valence-electron chi connectivity index (χ4n) is 3.09. The van der Waals surface area contributed by atoms with Crippen LogP contribution in [0.5, 0.6) is 5.75 Å². The fraction of sp³-hybridized carbons (Fsp3) is 0.625. The number of hydrogen-bond donors (Lipinski definition) is 1. The zero-order chi connectivity index (χ0) is 14.7. The van der Waals surface area contributed by atoms with Crippen LogP contribution in [0.2, 0.25) is 0 Å². The lowest BCUT2D eigenvalue weighted by Crippen LogP contribution is -2.45. The standard InChI is InChI=1S/C16H26N2O2/c1-12(19)16-14(8-5-9-15(16)20-4)18(3)13-7-6-10-17(2)11-13/h5,8-9,12-13,19H,6-7,10-11H2,1-4H3/t12-,13?/m1/s1. The topological polar surface area (TPSA) is 35.9 Å². The molecule has 0 aliphatic carbocycles. The highest BCUT2D eigenvalue weighted by Gasteiger charge is 2.25. The molecule has 1 heterocycles. The lowest BCUT2D eigenvalue weighted by molar-refractivity contribution is 0.194. The molecule has 0 spiro atoms. The van der Waals surface area contributed by atoms with E-state index in [9.17, 15) is 5.11 Å². The van der Waals surface area contributed by atoms with Crippen LogP contribution >= 0.6 is 0 Å². The van der Waals surface area contributed by atoms with E-state index in [1.54, 1.807) is 14.0 Å². The Balaban J connectivity index is 2.31. The smallest absolute Gasteiger partial charge is 0.126 e. The summed E-state index contributed by atoms with van der Waals surface area (Å²) in [6.07, 6.45) is 1.88. The molecule has 4 nitrogen and oxygen atoms in total. The highest BCUT2D eigenvalue weighted by Crippen LogP contribution is 2.35. The van der Waals surface area contributed by atoms with Crippen LogP contribution in [0.3, 0.4) is 0 Å². The molecule has 1 fully saturated rings. The van der Waals surface area contributed by atoms with Gasteiger partial charge in [-0.1, -0.05) is 6.07 Å². The van der Waals surface area contributed by atoms with Crippen molar-refractivity contribution in [2.45, 2.75) is 31.9 Å². The van der Waals surface area contributed by atoms with Crippen LogP contribution in [0.15, 0.2) is 18.2 Å². The quantitative estimate of drug-likeness (QED) is 0.916. The number of methoxy groups -OCH3 is 1. The first-order valence-corrected chi connectivity index (χ1v) is 7.31. The molecule has 1 aromatic rings. The Hall–Kier alpha value is -1.26. The van der Waals surface area contributed by atoms with E-state index in [1.165, 1.54) is 19.4 Å². The monoisotopic (exact) mass is 278 g/mol. The molecule has 1 aromatic carbocycles. The maximum absolute atomic E-state index is 10.1. The van der Waals surface area contributed by atoms with Crippen molar-refractivity contribution in [1.82, 2.24) is 4.90 Å². The molecule has 0 saturated carbocycles. The summed E-state index contributed by atoms with van der Waals surface area (Å²) < 4.78 is 5.41. The van der Waals surface area contributed by atoms with Crippen molar-refractivity contribution in [3.63, 3.8) is 0 Å². The number of likely N-dealkylation sites (N-methyl/N-ethyl adjacent to an activating group) is 2. The average Bonchev–Trinajstić information content (AvgIpc) is 2.45. The van der Waals surface area contributed by atoms with Gasteiger partial charge in [0.1, 0.15) is 5.75 Å². The van der Waals surface area contributed by atoms with Gasteiger partial charge < -0.3 is 19.6 Å². The maximum Gasteiger partial charge on any atom is 0.126 e. The number of rotatable bonds is 4. The Morgan fingerprint density at radius 1 is 1.45 bits per heavy atom. The number of hydrogen-bond acceptors (Lipinski definition) is 4. The van der Waals surface area contributed by atoms with Crippen molar-refractivity contribution < 1.29 is 9.84 Å². The summed E-state index contributed by atoms with van der Waals surface area (Å²) in [5.74, 6) is 0.758. The molecule has 0 bridgehead atoms. The molecule has 1 N–H and O–H groups in total. The van der Waals surface area contributed by atoms with Gasteiger partial charge in [0, 0.05) is 30.9 Å². The van der Waals surface area contributed by atoms with Crippen LogP contribution in [0.1, 0.15) is 31.4 Å². The molecular weight excluding hydrogens is 252 g/mol. The van der Waals surface area contributed by atoms with Gasteiger partial charge in [-0.05, 0) is 45.5 Å². The Bertz CT molecular complexity index is 448. The van der Waals surface area contributed by atoms with E-state index in [4.69, 9.17) is 4.74 Å². The van der Waals surface area contributed by atoms with Crippen LogP contribution in [0.4, 0.5) is 5.69 Å². The highest BCUT2D eigenvalue weighted by atomic mass is 16.5. The number of anilines is 1. The predicted molar refractivity (Wildman–Crippen MR) is 82.5 cm³/mol. The molecule has 2 rings (SSSR count). The summed E-state index contributed by atoms with van der Waals surface area (Å²) in [7, 11) is 5.94. The van der Waals surface area contributed by atoms with E-state index in [-0.39, 0.29) is 0 Å². The Morgan fingerprint density at radius 3 is 2.80 bits per heavy atom. The van der Waals surface area contributed by atoms with Gasteiger partial charge in [-0.25, -0.2) is 0 Å². The van der Waals surface area contributed by atoms with E-state index < -0.39 is 6.10 Å². The first-order valence-electron chi connectivity index (χ1n) is 7.31. The van der Waals surface area contributed by atoms with Crippen LogP contribution in [-0.4, -0.2) is 50.3 Å². The van der Waals surface area contributed by atoms with Crippen molar-refractivity contribution in [1.29, 1.82) is 0 Å². The molecule has 20 heavy (non-hydrogen) atoms. The first kappa shape index (κ1) is 15.1. The van der Waals surface area contributed by atoms with E-state index >= 15 is 0 Å². The Morgan fingerprint density at radius 2 is 2.20 bits per heavy atom. The average molecular weight is 278 g/mol. The zero-order valence-corrected chi connectivity index (χ0v) is 13.0. The lowest BCUT2D eigenvalue weighted by atomic mass is 10.0. The number of piperidine rings is 1. The molecule has 2 atom stereocenters. The third-order valence-electron chi connectivity index (χ3n) is 4.21. The second-order valence-corrected chi connectivity index (χ2v) is 5.74. The van der Waals surface area contributed by atoms with E-state index in [0.29, 0.717) is 6.04 Å². The van der Waals surface area contributed by atoms with Crippen LogP contribution in [-0.2, 0) is 0 Å². The summed E-state index contributed by atoms with van der Waals surface area (Å²) in [5.41, 5.74) is 1.95. The number of likely N-dealkylation sites (tertiary alicyclic amines) is 1. The molecular formula is C16H26N2O2. The van der Waals surface area contributed by atoms with Gasteiger partial charge in [-0.3, -0.25) is 0 Å². The molecule has 1 unspecified atom stereocenters. The van der Waals surface area contributed by atoms with Gasteiger partial charge in [0.05, 0.1) is 13.2 Å². The molecule has 1 aliphatic heterocycles. The summed E-state index contributed by atoms with van der Waals surface area (Å²) >= 11 is 0. The summed E-state index contributed by atoms with van der Waals surface area (Å²) in [6, 6.07) is 6.45. The molecule has 0 radical (unpaired) electrons. The number of aliphatic hydroxyl groups is 1. The molecule has 112 valence electrons. The van der Waals surface area contributed by atoms with E-state index in [1.807, 2.05) is 12.1 Å². The van der Waals surface area contributed by atoms with Crippen LogP contribution in [0.25, 0.3) is 0 Å². The third-order valence-corrected chi connectivity index (χ3v) is 4.21. The van der Waals surface area contributed by atoms with Gasteiger partial charge in [0.15, 0.2) is 0 Å². The van der Waals surface area contributed by atoms with E-state index in [0.717, 1.165) is 23.5 Å². The minimum absolute atomic E-state index is 0.485. The van der Waals surface area contributed by atoms with Crippen molar-refractivity contribution in [3.05, 3.63) is 23.8 Å². The van der Waals surface area contributed by atoms with Gasteiger partial charge in [-0.15, -0.1) is 0 Å². The normalized spacial score (nSPS) is 21.6. The predicted octanol–water partition coefficient (Wildman–Crippen LogP) is 2.28. The molecule has 4 heteroatoms. The first-order chi connectivity index (χ1) is 9.54. The highest BCUT2D eigenvalue weighted by molar-refractivity contribution is 5.60. The van der Waals surface area contributed by atoms with Crippen molar-refractivity contribution >= 4 is 5.69 Å². The number of nitrogens with zero attached hydrogens (tertiary/aromatic N) is 2. The minimum Gasteiger partial charge on any atom is -0.496 e. The lowest BCUT2D eigenvalue weighted by Gasteiger charge is -2.38. The minimum atomic E-state index is -0.537. The van der Waals surface area contributed by atoms with Crippen LogP contribution < -0.4 is 9.64 Å². The summed E-state index contributed by atoms with van der Waals surface area (Å²) in [6.45, 7) is 4.03. The Labute approximate surface area is 122 Å². The van der Waals surface area contributed by atoms with Crippen LogP contribution in [0, 0.1) is 0 Å². The van der Waals surface area contributed by atoms with Crippen molar-refractivity contribution in [2.75, 3.05) is 39.2 Å². The molecule has 0 amide bonds. The second-order valence-electron chi connectivity index (χ2n) is 5.74. The fourth-order valence-corrected chi connectivity index (χ4v) is 3.09. The largest absolute Gasteiger partial charge is 0.496 e. The van der Waals surface area contributed by atoms with Gasteiger partial charge in [0.2, 0.25) is 0 Å². The van der Waals surface area contributed by atoms with Gasteiger partial charge in [-0.2, -0.15) is 0 Å². The van der Waals surface area contributed by atoms with E-state index in [2.05, 4.69) is 30.0 Å². The summed E-state index contributed by atoms with van der Waals surface area (Å²) in [5, 5.41) is 10.1. The Kier molecular flexibility index (Phi) is 4.89.